The molecule has 1 fully saturated rings. The highest BCUT2D eigenvalue weighted by Crippen LogP contribution is 2.40. The molecule has 5 rings (SSSR count). The highest BCUT2D eigenvalue weighted by Gasteiger charge is 2.32. The first kappa shape index (κ1) is 30.5. The highest BCUT2D eigenvalue weighted by molar-refractivity contribution is 6.00. The van der Waals surface area contributed by atoms with Crippen molar-refractivity contribution < 1.29 is 37.6 Å². The second-order valence-corrected chi connectivity index (χ2v) is 10.2. The summed E-state index contributed by atoms with van der Waals surface area (Å²) < 4.78 is 53.9. The molecule has 14 heteroatoms. The lowest BCUT2D eigenvalue weighted by Crippen LogP contribution is -2.31. The molecule has 3 heterocycles. The number of nitrogen functional groups attached to an aromatic ring is 1. The molecule has 2 aliphatic heterocycles. The molecule has 1 aromatic heterocycles. The summed E-state index contributed by atoms with van der Waals surface area (Å²) in [4.78, 5) is 24.1. The van der Waals surface area contributed by atoms with Crippen LogP contribution in [-0.2, 0) is 9.53 Å². The molecule has 1 unspecified atom stereocenters. The van der Waals surface area contributed by atoms with Gasteiger partial charge >= 0.3 is 5.97 Å². The molecule has 0 aliphatic carbocycles. The minimum atomic E-state index is -1.28. The van der Waals surface area contributed by atoms with E-state index in [4.69, 9.17) is 30.1 Å². The molecule has 12 nitrogen and oxygen atoms in total. The van der Waals surface area contributed by atoms with Crippen molar-refractivity contribution in [1.29, 1.82) is 5.41 Å². The number of nitrogens with zero attached hydrogens (tertiary/aromatic N) is 4. The number of halogens is 2. The summed E-state index contributed by atoms with van der Waals surface area (Å²) in [5.41, 5.74) is 6.47. The van der Waals surface area contributed by atoms with Gasteiger partial charge in [-0.3, -0.25) is 20.1 Å². The molecule has 0 bridgehead atoms. The second-order valence-electron chi connectivity index (χ2n) is 10.2. The number of hydrogen-bond acceptors (Lipinski definition) is 11. The average Bonchev–Trinajstić information content (AvgIpc) is 3.63. The number of pyridine rings is 1. The lowest BCUT2D eigenvalue weighted by Gasteiger charge is -2.19. The summed E-state index contributed by atoms with van der Waals surface area (Å²) >= 11 is 0. The van der Waals surface area contributed by atoms with Crippen LogP contribution >= 0.6 is 0 Å². The van der Waals surface area contributed by atoms with Crippen LogP contribution in [0.3, 0.4) is 0 Å². The first-order chi connectivity index (χ1) is 21.1. The van der Waals surface area contributed by atoms with Crippen LogP contribution in [0.4, 0.5) is 8.78 Å². The van der Waals surface area contributed by atoms with Crippen molar-refractivity contribution in [2.75, 3.05) is 46.4 Å². The van der Waals surface area contributed by atoms with Gasteiger partial charge in [0, 0.05) is 37.8 Å². The van der Waals surface area contributed by atoms with Crippen molar-refractivity contribution in [3.8, 4) is 34.8 Å². The number of esters is 1. The van der Waals surface area contributed by atoms with Crippen LogP contribution in [0.25, 0.3) is 0 Å². The SMILES string of the molecule is CCOC(=O)CN1CCC(Oc2c(F)c(Oc3cccc(C4=NCCN4C)c3)nc(Oc3cc(C(=N)N)ccc3O)c2F)C1. The number of likely N-dealkylation sites (tertiary alicyclic amines) is 1. The van der Waals surface area contributed by atoms with Crippen LogP contribution in [0.15, 0.2) is 47.5 Å². The summed E-state index contributed by atoms with van der Waals surface area (Å²) in [6.45, 7) is 4.02. The number of benzene rings is 2. The van der Waals surface area contributed by atoms with Crippen molar-refractivity contribution in [3.63, 3.8) is 0 Å². The van der Waals surface area contributed by atoms with E-state index in [9.17, 15) is 9.90 Å². The minimum absolute atomic E-state index is 0.0142. The molecule has 1 saturated heterocycles. The molecule has 0 amide bonds. The Morgan fingerprint density at radius 1 is 1.14 bits per heavy atom. The molecule has 3 aromatic rings. The van der Waals surface area contributed by atoms with Gasteiger partial charge in [0.05, 0.1) is 19.7 Å². The Hall–Kier alpha value is -4.98. The molecule has 0 spiro atoms. The highest BCUT2D eigenvalue weighted by atomic mass is 19.1. The molecule has 44 heavy (non-hydrogen) atoms. The predicted molar refractivity (Wildman–Crippen MR) is 156 cm³/mol. The van der Waals surface area contributed by atoms with Gasteiger partial charge in [-0.05, 0) is 43.7 Å². The van der Waals surface area contributed by atoms with E-state index in [0.717, 1.165) is 17.9 Å². The molecule has 2 aromatic carbocycles. The van der Waals surface area contributed by atoms with E-state index >= 15 is 8.78 Å². The Labute approximate surface area is 252 Å². The number of phenols is 1. The van der Waals surface area contributed by atoms with Crippen molar-refractivity contribution in [2.24, 2.45) is 10.7 Å². The third-order valence-corrected chi connectivity index (χ3v) is 6.99. The Balaban J connectivity index is 1.48. The Kier molecular flexibility index (Phi) is 9.09. The monoisotopic (exact) mass is 610 g/mol. The van der Waals surface area contributed by atoms with Crippen LogP contribution in [0.1, 0.15) is 24.5 Å². The molecule has 232 valence electrons. The maximum Gasteiger partial charge on any atom is 0.320 e. The van der Waals surface area contributed by atoms with Crippen LogP contribution in [-0.4, -0.2) is 90.0 Å². The minimum Gasteiger partial charge on any atom is -0.504 e. The van der Waals surface area contributed by atoms with Crippen LogP contribution in [0, 0.1) is 17.0 Å². The lowest BCUT2D eigenvalue weighted by atomic mass is 10.2. The summed E-state index contributed by atoms with van der Waals surface area (Å²) in [6, 6.07) is 10.6. The van der Waals surface area contributed by atoms with Crippen LogP contribution in [0.2, 0.25) is 0 Å². The zero-order valence-corrected chi connectivity index (χ0v) is 24.2. The number of aromatic hydroxyl groups is 1. The Morgan fingerprint density at radius 2 is 1.91 bits per heavy atom. The number of phenolic OH excluding ortho intramolecular Hbond substituents is 1. The van der Waals surface area contributed by atoms with Gasteiger partial charge in [-0.2, -0.15) is 13.8 Å². The van der Waals surface area contributed by atoms with Gasteiger partial charge in [-0.25, -0.2) is 0 Å². The normalized spacial score (nSPS) is 16.5. The number of rotatable bonds is 11. The second kappa shape index (κ2) is 13.1. The smallest absolute Gasteiger partial charge is 0.320 e. The third kappa shape index (κ3) is 6.80. The van der Waals surface area contributed by atoms with Crippen LogP contribution in [0.5, 0.6) is 34.8 Å². The van der Waals surface area contributed by atoms with Gasteiger partial charge in [-0.15, -0.1) is 0 Å². The largest absolute Gasteiger partial charge is 0.504 e. The average molecular weight is 611 g/mol. The van der Waals surface area contributed by atoms with E-state index in [-0.39, 0.29) is 42.6 Å². The van der Waals surface area contributed by atoms with E-state index in [1.165, 1.54) is 18.2 Å². The van der Waals surface area contributed by atoms with Crippen LogP contribution < -0.4 is 19.9 Å². The van der Waals surface area contributed by atoms with E-state index in [1.807, 2.05) is 18.0 Å². The number of nitrogens with two attached hydrogens (primary N) is 1. The van der Waals surface area contributed by atoms with E-state index in [2.05, 4.69) is 9.98 Å². The fourth-order valence-electron chi connectivity index (χ4n) is 4.83. The van der Waals surface area contributed by atoms with Crippen molar-refractivity contribution >= 4 is 17.6 Å². The van der Waals surface area contributed by atoms with Gasteiger partial charge in [0.15, 0.2) is 11.5 Å². The van der Waals surface area contributed by atoms with Gasteiger partial charge in [-0.1, -0.05) is 12.1 Å². The number of likely N-dealkylation sites (N-methyl/N-ethyl adjacent to an activating group) is 1. The van der Waals surface area contributed by atoms with E-state index in [1.54, 1.807) is 30.0 Å². The molecule has 2 aliphatic rings. The molecule has 4 N–H and O–H groups in total. The lowest BCUT2D eigenvalue weighted by molar-refractivity contribution is -0.144. The number of aliphatic imine (C=N–C) groups is 1. The fraction of sp³-hybridized carbons (Fsp3) is 0.333. The van der Waals surface area contributed by atoms with Gasteiger partial charge in [0.2, 0.25) is 17.4 Å². The van der Waals surface area contributed by atoms with Crippen molar-refractivity contribution in [3.05, 3.63) is 65.2 Å². The fourth-order valence-corrected chi connectivity index (χ4v) is 4.83. The van der Waals surface area contributed by atoms with E-state index < -0.39 is 47.0 Å². The van der Waals surface area contributed by atoms with Gasteiger partial charge in [0.25, 0.3) is 11.8 Å². The molecule has 1 atom stereocenters. The zero-order chi connectivity index (χ0) is 31.4. The Morgan fingerprint density at radius 3 is 2.61 bits per heavy atom. The number of hydrogen-bond donors (Lipinski definition) is 3. The standard InChI is InChI=1S/C30H32F2N6O6/c1-3-41-23(40)16-38-11-9-20(15-38)42-26-24(31)29(43-19-6-4-5-18(13-19)28-35-10-12-37(28)2)36-30(25(26)32)44-22-14-17(27(33)34)7-8-21(22)39/h4-8,13-14,20,39H,3,9-12,15-16H2,1-2H3,(H3,33,34). The first-order valence-corrected chi connectivity index (χ1v) is 14.0. The topological polar surface area (TPSA) is 156 Å². The number of amidine groups is 2. The number of carbonyl (C=O) groups excluding carboxylic acids is 1. The summed E-state index contributed by atoms with van der Waals surface area (Å²) in [7, 11) is 1.90. The summed E-state index contributed by atoms with van der Waals surface area (Å²) in [6.07, 6.45) is -0.295. The van der Waals surface area contributed by atoms with Gasteiger partial charge < -0.3 is 34.7 Å². The first-order valence-electron chi connectivity index (χ1n) is 14.0. The maximum atomic E-state index is 15.9. The predicted octanol–water partition coefficient (Wildman–Crippen LogP) is 3.64. The molecule has 0 radical (unpaired) electrons. The Bertz CT molecular complexity index is 1600. The number of carbonyl (C=O) groups is 1. The third-order valence-electron chi connectivity index (χ3n) is 6.99. The number of aromatic nitrogens is 1. The van der Waals surface area contributed by atoms with Crippen molar-refractivity contribution in [2.45, 2.75) is 19.4 Å². The quantitative estimate of drug-likeness (QED) is 0.166. The number of nitrogens with one attached hydrogen (secondary N) is 1. The zero-order valence-electron chi connectivity index (χ0n) is 24.2. The van der Waals surface area contributed by atoms with Gasteiger partial charge in [0.1, 0.15) is 23.5 Å². The summed E-state index contributed by atoms with van der Waals surface area (Å²) in [5.74, 6) is -5.14. The summed E-state index contributed by atoms with van der Waals surface area (Å²) in [5, 5.41) is 18.0. The van der Waals surface area contributed by atoms with Crippen molar-refractivity contribution in [1.82, 2.24) is 14.8 Å². The maximum absolute atomic E-state index is 15.9. The molecule has 0 saturated carbocycles. The molecular weight excluding hydrogens is 578 g/mol. The van der Waals surface area contributed by atoms with E-state index in [0.29, 0.717) is 19.5 Å². The number of ether oxygens (including phenoxy) is 4. The molecular formula is C30H32F2N6O6.